The number of hydrogen-bond donors (Lipinski definition) is 1. The van der Waals surface area contributed by atoms with Crippen molar-refractivity contribution in [3.05, 3.63) is 62.1 Å². The number of nitrogens with zero attached hydrogens (tertiary/aromatic N) is 3. The molecule has 13 heteroatoms. The lowest BCUT2D eigenvalue weighted by Crippen LogP contribution is -2.36. The van der Waals surface area contributed by atoms with E-state index in [0.717, 1.165) is 10.5 Å². The van der Waals surface area contributed by atoms with Gasteiger partial charge in [-0.05, 0) is 24.3 Å². The Morgan fingerprint density at radius 1 is 1.27 bits per heavy atom. The molecule has 0 atom stereocenters. The van der Waals surface area contributed by atoms with E-state index in [-0.39, 0.29) is 26.2 Å². The average Bonchev–Trinajstić information content (AvgIpc) is 2.68. The summed E-state index contributed by atoms with van der Waals surface area (Å²) in [4.78, 5) is 22.1. The number of nitro benzene ring substituents is 1. The lowest BCUT2D eigenvalue weighted by molar-refractivity contribution is -0.384. The van der Waals surface area contributed by atoms with Gasteiger partial charge in [-0.1, -0.05) is 23.2 Å². The minimum Gasteiger partial charge on any atom is -0.495 e. The molecule has 0 bridgehead atoms. The van der Waals surface area contributed by atoms with Gasteiger partial charge < -0.3 is 4.74 Å². The molecule has 0 radical (unpaired) electrons. The largest absolute Gasteiger partial charge is 0.495 e. The van der Waals surface area contributed by atoms with Gasteiger partial charge in [0.1, 0.15) is 5.75 Å². The number of halogens is 2. The molecule has 30 heavy (non-hydrogen) atoms. The Labute approximate surface area is 182 Å². The van der Waals surface area contributed by atoms with Gasteiger partial charge >= 0.3 is 0 Å². The molecule has 0 saturated heterocycles. The van der Waals surface area contributed by atoms with Crippen LogP contribution >= 0.6 is 23.2 Å². The first-order valence-electron chi connectivity index (χ1n) is 8.12. The number of amides is 1. The van der Waals surface area contributed by atoms with Crippen LogP contribution in [0.1, 0.15) is 5.56 Å². The number of ether oxygens (including phenoxy) is 1. The van der Waals surface area contributed by atoms with Crippen LogP contribution in [0.4, 0.5) is 5.69 Å². The number of carbonyl (C=O) groups is 1. The highest BCUT2D eigenvalue weighted by atomic mass is 35.5. The van der Waals surface area contributed by atoms with Crippen LogP contribution in [0.5, 0.6) is 5.75 Å². The summed E-state index contributed by atoms with van der Waals surface area (Å²) in [6.45, 7) is -0.536. The highest BCUT2D eigenvalue weighted by Crippen LogP contribution is 2.28. The van der Waals surface area contributed by atoms with Crippen molar-refractivity contribution in [3.8, 4) is 5.75 Å². The Morgan fingerprint density at radius 3 is 2.57 bits per heavy atom. The van der Waals surface area contributed by atoms with Crippen LogP contribution in [0.15, 0.2) is 46.4 Å². The van der Waals surface area contributed by atoms with Crippen molar-refractivity contribution in [2.45, 2.75) is 4.90 Å². The van der Waals surface area contributed by atoms with Gasteiger partial charge in [-0.3, -0.25) is 14.9 Å². The SMILES string of the molecule is COc1ccc(S(=O)(=O)N(C)CC(=O)NN=Cc2cc([N+](=O)[O-])ccc2Cl)cc1Cl. The molecule has 0 aliphatic heterocycles. The normalized spacial score (nSPS) is 11.6. The molecule has 0 spiro atoms. The zero-order valence-electron chi connectivity index (χ0n) is 15.7. The Morgan fingerprint density at radius 2 is 1.97 bits per heavy atom. The van der Waals surface area contributed by atoms with Crippen molar-refractivity contribution in [3.63, 3.8) is 0 Å². The van der Waals surface area contributed by atoms with Crippen LogP contribution in [0.2, 0.25) is 10.0 Å². The Kier molecular flexibility index (Phi) is 7.73. The highest BCUT2D eigenvalue weighted by Gasteiger charge is 2.24. The molecule has 0 heterocycles. The van der Waals surface area contributed by atoms with E-state index < -0.39 is 27.4 Å². The number of nitro groups is 1. The van der Waals surface area contributed by atoms with E-state index in [1.807, 2.05) is 0 Å². The number of hydrazone groups is 1. The summed E-state index contributed by atoms with van der Waals surface area (Å²) in [5.74, 6) is -0.427. The van der Waals surface area contributed by atoms with Crippen LogP contribution in [-0.2, 0) is 14.8 Å². The first kappa shape index (κ1) is 23.5. The molecule has 1 amide bonds. The summed E-state index contributed by atoms with van der Waals surface area (Å²) in [6.07, 6.45) is 1.12. The van der Waals surface area contributed by atoms with E-state index in [1.165, 1.54) is 50.6 Å². The van der Waals surface area contributed by atoms with Crippen molar-refractivity contribution in [1.82, 2.24) is 9.73 Å². The molecule has 2 aromatic carbocycles. The summed E-state index contributed by atoms with van der Waals surface area (Å²) in [6, 6.07) is 7.65. The van der Waals surface area contributed by atoms with Crippen molar-refractivity contribution >= 4 is 51.0 Å². The molecule has 1 N–H and O–H groups in total. The van der Waals surface area contributed by atoms with Crippen LogP contribution < -0.4 is 10.2 Å². The average molecular weight is 475 g/mol. The molecule has 0 aliphatic rings. The second-order valence-electron chi connectivity index (χ2n) is 5.81. The zero-order valence-corrected chi connectivity index (χ0v) is 18.0. The van der Waals surface area contributed by atoms with Gasteiger partial charge in [0.25, 0.3) is 11.6 Å². The molecule has 0 saturated carbocycles. The van der Waals surface area contributed by atoms with Crippen LogP contribution in [0.3, 0.4) is 0 Å². The molecule has 160 valence electrons. The van der Waals surface area contributed by atoms with E-state index in [2.05, 4.69) is 10.5 Å². The number of benzene rings is 2. The molecule has 2 rings (SSSR count). The predicted octanol–water partition coefficient (Wildman–Crippen LogP) is 2.68. The van der Waals surface area contributed by atoms with Gasteiger partial charge in [0.2, 0.25) is 10.0 Å². The third-order valence-corrected chi connectivity index (χ3v) is 6.22. The van der Waals surface area contributed by atoms with Gasteiger partial charge in [-0.2, -0.15) is 9.41 Å². The summed E-state index contributed by atoms with van der Waals surface area (Å²) in [5, 5.41) is 14.8. The monoisotopic (exact) mass is 474 g/mol. The third-order valence-electron chi connectivity index (χ3n) is 3.78. The number of likely N-dealkylation sites (N-methyl/N-ethyl adjacent to an activating group) is 1. The lowest BCUT2D eigenvalue weighted by Gasteiger charge is -2.16. The topological polar surface area (TPSA) is 131 Å². The summed E-state index contributed by atoms with van der Waals surface area (Å²) in [5.41, 5.74) is 2.15. The molecule has 0 aromatic heterocycles. The number of hydrogen-bond acceptors (Lipinski definition) is 7. The van der Waals surface area contributed by atoms with E-state index >= 15 is 0 Å². The zero-order chi connectivity index (χ0) is 22.5. The molecule has 0 aliphatic carbocycles. The standard InChI is InChI=1S/C17H16Cl2N4O6S/c1-22(30(27,28)13-4-6-16(29-2)15(19)8-13)10-17(24)21-20-9-11-7-12(23(25)26)3-5-14(11)18/h3-9H,10H2,1-2H3,(H,21,24). The Bertz CT molecular complexity index is 1110. The number of sulfonamides is 1. The van der Waals surface area contributed by atoms with Gasteiger partial charge in [-0.25, -0.2) is 13.8 Å². The fraction of sp³-hybridized carbons (Fsp3) is 0.176. The van der Waals surface area contributed by atoms with E-state index in [9.17, 15) is 23.3 Å². The second-order valence-corrected chi connectivity index (χ2v) is 8.67. The predicted molar refractivity (Wildman–Crippen MR) is 112 cm³/mol. The number of rotatable bonds is 8. The van der Waals surface area contributed by atoms with Gasteiger partial charge in [0, 0.05) is 29.8 Å². The quantitative estimate of drug-likeness (QED) is 0.355. The van der Waals surface area contributed by atoms with Gasteiger partial charge in [0.15, 0.2) is 0 Å². The van der Waals surface area contributed by atoms with Crippen LogP contribution in [-0.4, -0.2) is 50.5 Å². The fourth-order valence-corrected chi connectivity index (χ4v) is 3.87. The molecular formula is C17H16Cl2N4O6S. The summed E-state index contributed by atoms with van der Waals surface area (Å²) >= 11 is 11.9. The number of non-ortho nitro benzene ring substituents is 1. The minimum absolute atomic E-state index is 0.106. The summed E-state index contributed by atoms with van der Waals surface area (Å²) in [7, 11) is -1.38. The first-order chi connectivity index (χ1) is 14.1. The lowest BCUT2D eigenvalue weighted by atomic mass is 10.2. The molecule has 10 nitrogen and oxygen atoms in total. The summed E-state index contributed by atoms with van der Waals surface area (Å²) < 4.78 is 31.0. The molecule has 0 fully saturated rings. The minimum atomic E-state index is -4.00. The fourth-order valence-electron chi connectivity index (χ4n) is 2.23. The molecule has 0 unspecified atom stereocenters. The third kappa shape index (κ3) is 5.66. The smallest absolute Gasteiger partial charge is 0.270 e. The number of carbonyl (C=O) groups excluding carboxylic acids is 1. The van der Waals surface area contributed by atoms with Crippen LogP contribution in [0, 0.1) is 10.1 Å². The maximum absolute atomic E-state index is 12.6. The first-order valence-corrected chi connectivity index (χ1v) is 10.3. The van der Waals surface area contributed by atoms with E-state index in [1.54, 1.807) is 0 Å². The highest BCUT2D eigenvalue weighted by molar-refractivity contribution is 7.89. The molecular weight excluding hydrogens is 459 g/mol. The van der Waals surface area contributed by atoms with Crippen molar-refractivity contribution in [1.29, 1.82) is 0 Å². The maximum atomic E-state index is 12.6. The molecule has 2 aromatic rings. The van der Waals surface area contributed by atoms with Crippen molar-refractivity contribution in [2.75, 3.05) is 20.7 Å². The van der Waals surface area contributed by atoms with Gasteiger partial charge in [0.05, 0.1) is 34.7 Å². The Hall–Kier alpha value is -2.73. The van der Waals surface area contributed by atoms with Crippen molar-refractivity contribution in [2.24, 2.45) is 5.10 Å². The van der Waals surface area contributed by atoms with E-state index in [4.69, 9.17) is 27.9 Å². The number of nitrogens with one attached hydrogen (secondary N) is 1. The van der Waals surface area contributed by atoms with Crippen LogP contribution in [0.25, 0.3) is 0 Å². The Balaban J connectivity index is 2.05. The van der Waals surface area contributed by atoms with Crippen molar-refractivity contribution < 1.29 is 22.9 Å². The van der Waals surface area contributed by atoms with E-state index in [0.29, 0.717) is 5.75 Å². The maximum Gasteiger partial charge on any atom is 0.270 e. The van der Waals surface area contributed by atoms with Gasteiger partial charge in [-0.15, -0.1) is 0 Å². The second kappa shape index (κ2) is 9.85. The number of methoxy groups -OCH3 is 1.